The Morgan fingerprint density at radius 3 is 2.88 bits per heavy atom. The first-order valence-electron chi connectivity index (χ1n) is 8.50. The Balaban J connectivity index is 1.51. The van der Waals surface area contributed by atoms with Crippen molar-refractivity contribution in [2.45, 2.75) is 25.4 Å². The molecule has 4 rings (SSSR count). The number of fused-ring (bicyclic) bond motifs is 1. The number of nitrogens with zero attached hydrogens (tertiary/aromatic N) is 5. The lowest BCUT2D eigenvalue weighted by Gasteiger charge is -2.16. The Kier molecular flexibility index (Phi) is 4.46. The number of aromatic nitrogens is 4. The Bertz CT molecular complexity index is 968. The molecule has 3 aromatic rings. The minimum atomic E-state index is 0.0791. The lowest BCUT2D eigenvalue weighted by Crippen LogP contribution is -2.30. The van der Waals surface area contributed by atoms with Crippen molar-refractivity contribution in [2.75, 3.05) is 17.2 Å². The summed E-state index contributed by atoms with van der Waals surface area (Å²) in [6.45, 7) is 4.80. The summed E-state index contributed by atoms with van der Waals surface area (Å²) in [6, 6.07) is 14.2. The molecule has 0 unspecified atom stereocenters. The summed E-state index contributed by atoms with van der Waals surface area (Å²) in [5, 5.41) is 12.6. The van der Waals surface area contributed by atoms with E-state index in [9.17, 15) is 4.79 Å². The fraction of sp³-hybridized carbons (Fsp3) is 0.263. The predicted octanol–water partition coefficient (Wildman–Crippen LogP) is 2.96. The van der Waals surface area contributed by atoms with E-state index >= 15 is 0 Å². The van der Waals surface area contributed by atoms with Crippen molar-refractivity contribution < 1.29 is 4.79 Å². The maximum absolute atomic E-state index is 12.7. The van der Waals surface area contributed by atoms with Gasteiger partial charge in [0.25, 0.3) is 0 Å². The highest BCUT2D eigenvalue weighted by atomic mass is 32.2. The molecule has 0 bridgehead atoms. The van der Waals surface area contributed by atoms with Gasteiger partial charge in [0.2, 0.25) is 11.1 Å². The molecule has 0 fully saturated rings. The minimum Gasteiger partial charge on any atom is -0.311 e. The molecule has 0 spiro atoms. The van der Waals surface area contributed by atoms with E-state index in [0.717, 1.165) is 35.5 Å². The van der Waals surface area contributed by atoms with E-state index in [2.05, 4.69) is 27.7 Å². The second-order valence-electron chi connectivity index (χ2n) is 6.38. The van der Waals surface area contributed by atoms with Crippen LogP contribution >= 0.6 is 11.8 Å². The van der Waals surface area contributed by atoms with Gasteiger partial charge in [-0.1, -0.05) is 42.1 Å². The van der Waals surface area contributed by atoms with Crippen molar-refractivity contribution in [3.8, 4) is 5.69 Å². The summed E-state index contributed by atoms with van der Waals surface area (Å²) in [4.78, 5) is 14.6. The van der Waals surface area contributed by atoms with Gasteiger partial charge in [0, 0.05) is 12.2 Å². The van der Waals surface area contributed by atoms with E-state index in [1.807, 2.05) is 49.1 Å². The molecule has 0 saturated heterocycles. The zero-order valence-corrected chi connectivity index (χ0v) is 15.5. The largest absolute Gasteiger partial charge is 0.311 e. The van der Waals surface area contributed by atoms with Crippen LogP contribution in [0.5, 0.6) is 0 Å². The maximum atomic E-state index is 12.7. The third kappa shape index (κ3) is 3.10. The highest BCUT2D eigenvalue weighted by molar-refractivity contribution is 7.99. The number of rotatable bonds is 4. The number of carbonyl (C=O) groups is 1. The van der Waals surface area contributed by atoms with Gasteiger partial charge in [-0.3, -0.25) is 4.79 Å². The number of hydrogen-bond acceptors (Lipinski definition) is 5. The van der Waals surface area contributed by atoms with Gasteiger partial charge in [-0.25, -0.2) is 0 Å². The molecule has 1 amide bonds. The van der Waals surface area contributed by atoms with Crippen LogP contribution in [0.4, 0.5) is 5.69 Å². The van der Waals surface area contributed by atoms with Gasteiger partial charge in [-0.2, -0.15) is 4.68 Å². The molecule has 26 heavy (non-hydrogen) atoms. The standard InChI is InChI=1S/C19H19N5OS/c1-13-7-8-14(2)17(11-13)24-19(20-21-22-24)26-12-18(25)23-10-9-15-5-3-4-6-16(15)23/h3-8,11H,9-10,12H2,1-2H3. The second-order valence-corrected chi connectivity index (χ2v) is 7.32. The second kappa shape index (κ2) is 6.92. The highest BCUT2D eigenvalue weighted by Crippen LogP contribution is 2.29. The van der Waals surface area contributed by atoms with E-state index in [1.165, 1.54) is 17.3 Å². The molecule has 1 aliphatic rings. The fourth-order valence-corrected chi connectivity index (χ4v) is 3.93. The number of carbonyl (C=O) groups excluding carboxylic acids is 1. The molecule has 0 aliphatic carbocycles. The Hall–Kier alpha value is -2.67. The van der Waals surface area contributed by atoms with Crippen LogP contribution in [0.1, 0.15) is 16.7 Å². The van der Waals surface area contributed by atoms with E-state index in [0.29, 0.717) is 10.9 Å². The van der Waals surface area contributed by atoms with E-state index < -0.39 is 0 Å². The Labute approximate surface area is 156 Å². The normalized spacial score (nSPS) is 13.1. The van der Waals surface area contributed by atoms with Gasteiger partial charge >= 0.3 is 0 Å². The van der Waals surface area contributed by atoms with Crippen LogP contribution in [0, 0.1) is 13.8 Å². The van der Waals surface area contributed by atoms with Crippen molar-refractivity contribution >= 4 is 23.4 Å². The number of benzene rings is 2. The van der Waals surface area contributed by atoms with Crippen LogP contribution in [-0.2, 0) is 11.2 Å². The van der Waals surface area contributed by atoms with Crippen LogP contribution in [0.25, 0.3) is 5.69 Å². The van der Waals surface area contributed by atoms with Crippen LogP contribution in [0.3, 0.4) is 0 Å². The first-order chi connectivity index (χ1) is 12.6. The summed E-state index contributed by atoms with van der Waals surface area (Å²) in [5.74, 6) is 0.384. The molecular formula is C19H19N5OS. The smallest absolute Gasteiger partial charge is 0.237 e. The van der Waals surface area contributed by atoms with E-state index in [1.54, 1.807) is 4.68 Å². The average molecular weight is 365 g/mol. The number of anilines is 1. The summed E-state index contributed by atoms with van der Waals surface area (Å²) in [7, 11) is 0. The molecule has 0 atom stereocenters. The minimum absolute atomic E-state index is 0.0791. The number of para-hydroxylation sites is 1. The zero-order chi connectivity index (χ0) is 18.1. The highest BCUT2D eigenvalue weighted by Gasteiger charge is 2.24. The van der Waals surface area contributed by atoms with Gasteiger partial charge in [0.1, 0.15) is 0 Å². The number of amides is 1. The van der Waals surface area contributed by atoms with E-state index in [-0.39, 0.29) is 5.91 Å². The molecule has 132 valence electrons. The molecule has 0 N–H and O–H groups in total. The van der Waals surface area contributed by atoms with Gasteiger partial charge in [0.05, 0.1) is 11.4 Å². The monoisotopic (exact) mass is 365 g/mol. The average Bonchev–Trinajstić information content (AvgIpc) is 3.28. The fourth-order valence-electron chi connectivity index (χ4n) is 3.17. The van der Waals surface area contributed by atoms with Crippen LogP contribution in [0.15, 0.2) is 47.6 Å². The quantitative estimate of drug-likeness (QED) is 0.665. The van der Waals surface area contributed by atoms with Crippen LogP contribution in [-0.4, -0.2) is 38.4 Å². The molecule has 1 aromatic heterocycles. The van der Waals surface area contributed by atoms with Crippen molar-refractivity contribution in [1.82, 2.24) is 20.2 Å². The summed E-state index contributed by atoms with van der Waals surface area (Å²) >= 11 is 1.37. The lowest BCUT2D eigenvalue weighted by molar-refractivity contribution is -0.116. The van der Waals surface area contributed by atoms with Crippen molar-refractivity contribution in [2.24, 2.45) is 0 Å². The number of aryl methyl sites for hydroxylation is 2. The van der Waals surface area contributed by atoms with Gasteiger partial charge in [-0.15, -0.1) is 5.10 Å². The third-order valence-corrected chi connectivity index (χ3v) is 5.45. The van der Waals surface area contributed by atoms with Crippen LogP contribution in [0.2, 0.25) is 0 Å². The topological polar surface area (TPSA) is 63.9 Å². The molecule has 0 saturated carbocycles. The zero-order valence-electron chi connectivity index (χ0n) is 14.7. The summed E-state index contributed by atoms with van der Waals surface area (Å²) in [5.41, 5.74) is 5.42. The van der Waals surface area contributed by atoms with Gasteiger partial charge < -0.3 is 4.90 Å². The van der Waals surface area contributed by atoms with Crippen molar-refractivity contribution in [3.63, 3.8) is 0 Å². The van der Waals surface area contributed by atoms with Gasteiger partial charge in [-0.05, 0) is 59.5 Å². The molecular weight excluding hydrogens is 346 g/mol. The molecule has 1 aliphatic heterocycles. The number of tetrazole rings is 1. The molecule has 2 aromatic carbocycles. The SMILES string of the molecule is Cc1ccc(C)c(-n2nnnc2SCC(=O)N2CCc3ccccc32)c1. The van der Waals surface area contributed by atoms with E-state index in [4.69, 9.17) is 0 Å². The van der Waals surface area contributed by atoms with Crippen molar-refractivity contribution in [1.29, 1.82) is 0 Å². The number of thioether (sulfide) groups is 1. The molecule has 2 heterocycles. The molecule has 7 heteroatoms. The van der Waals surface area contributed by atoms with Crippen LogP contribution < -0.4 is 4.90 Å². The molecule has 0 radical (unpaired) electrons. The maximum Gasteiger partial charge on any atom is 0.237 e. The van der Waals surface area contributed by atoms with Gasteiger partial charge in [0.15, 0.2) is 0 Å². The molecule has 6 nitrogen and oxygen atoms in total. The first-order valence-corrected chi connectivity index (χ1v) is 9.49. The Morgan fingerprint density at radius 2 is 2.00 bits per heavy atom. The Morgan fingerprint density at radius 1 is 1.15 bits per heavy atom. The number of hydrogen-bond donors (Lipinski definition) is 0. The summed E-state index contributed by atoms with van der Waals surface area (Å²) < 4.78 is 1.71. The van der Waals surface area contributed by atoms with Crippen molar-refractivity contribution in [3.05, 3.63) is 59.2 Å². The third-order valence-electron chi connectivity index (χ3n) is 4.55. The first kappa shape index (κ1) is 16.8. The summed E-state index contributed by atoms with van der Waals surface area (Å²) in [6.07, 6.45) is 0.910. The lowest BCUT2D eigenvalue weighted by atomic mass is 10.1. The predicted molar refractivity (Wildman–Crippen MR) is 102 cm³/mol.